The Labute approximate surface area is 182 Å². The molecule has 0 fully saturated rings. The molecule has 1 aliphatic rings. The molecule has 3 amide bonds. The van der Waals surface area contributed by atoms with Gasteiger partial charge >= 0.3 is 6.18 Å². The molecular weight excluding hydrogens is 425 g/mol. The minimum atomic E-state index is -4.58. The van der Waals surface area contributed by atoms with Crippen molar-refractivity contribution in [3.8, 4) is 0 Å². The number of aryl methyl sites for hydroxylation is 2. The number of hydrazone groups is 1. The smallest absolute Gasteiger partial charge is 0.370 e. The van der Waals surface area contributed by atoms with Crippen LogP contribution in [0.5, 0.6) is 0 Å². The first kappa shape index (κ1) is 23.0. The highest BCUT2D eigenvalue weighted by atomic mass is 19.4. The largest absolute Gasteiger partial charge is 0.416 e. The van der Waals surface area contributed by atoms with Crippen LogP contribution in [0.25, 0.3) is 0 Å². The SMILES string of the molecule is Cc1cc(C)cc(N2C(=O)C(/C=N\NC(=O)CCC(N)=O)c3ccc(C(F)(F)F)cc32)c1. The second kappa shape index (κ2) is 8.81. The van der Waals surface area contributed by atoms with E-state index in [1.54, 1.807) is 12.1 Å². The van der Waals surface area contributed by atoms with E-state index >= 15 is 0 Å². The highest BCUT2D eigenvalue weighted by Crippen LogP contribution is 2.44. The van der Waals surface area contributed by atoms with Gasteiger partial charge in [-0.15, -0.1) is 0 Å². The lowest BCUT2D eigenvalue weighted by atomic mass is 10.0. The number of alkyl halides is 3. The van der Waals surface area contributed by atoms with Crippen LogP contribution in [0, 0.1) is 13.8 Å². The molecule has 2 aromatic carbocycles. The number of hydrogen-bond donors (Lipinski definition) is 2. The standard InChI is InChI=1S/C22H21F3N4O3/c1-12-7-13(2)9-15(8-12)29-18-10-14(22(23,24)25)3-4-16(18)17(21(29)32)11-27-28-20(31)6-5-19(26)30/h3-4,7-11,17H,5-6H2,1-2H3,(H2,26,30)(H,28,31)/b27-11-. The van der Waals surface area contributed by atoms with Gasteiger partial charge in [0.05, 0.1) is 11.3 Å². The summed E-state index contributed by atoms with van der Waals surface area (Å²) in [6, 6.07) is 8.38. The predicted molar refractivity (Wildman–Crippen MR) is 112 cm³/mol. The van der Waals surface area contributed by atoms with E-state index in [1.165, 1.54) is 17.2 Å². The van der Waals surface area contributed by atoms with Crippen LogP contribution in [0.15, 0.2) is 41.5 Å². The van der Waals surface area contributed by atoms with Gasteiger partial charge in [-0.25, -0.2) is 5.43 Å². The van der Waals surface area contributed by atoms with Crippen molar-refractivity contribution in [2.24, 2.45) is 10.8 Å². The lowest BCUT2D eigenvalue weighted by Crippen LogP contribution is -2.26. The number of nitrogens with one attached hydrogen (secondary N) is 1. The van der Waals surface area contributed by atoms with E-state index in [4.69, 9.17) is 5.73 Å². The Hall–Kier alpha value is -3.69. The Balaban J connectivity index is 1.97. The fraction of sp³-hybridized carbons (Fsp3) is 0.273. The molecule has 0 radical (unpaired) electrons. The summed E-state index contributed by atoms with van der Waals surface area (Å²) in [7, 11) is 0. The van der Waals surface area contributed by atoms with Gasteiger partial charge in [-0.2, -0.15) is 18.3 Å². The Kier molecular flexibility index (Phi) is 6.33. The van der Waals surface area contributed by atoms with Crippen molar-refractivity contribution in [1.29, 1.82) is 0 Å². The molecule has 10 heteroatoms. The number of rotatable bonds is 6. The predicted octanol–water partition coefficient (Wildman–Crippen LogP) is 3.45. The van der Waals surface area contributed by atoms with Crippen LogP contribution in [-0.4, -0.2) is 23.9 Å². The number of amides is 3. The molecule has 3 rings (SSSR count). The number of hydrogen-bond acceptors (Lipinski definition) is 4. The molecule has 1 unspecified atom stereocenters. The topological polar surface area (TPSA) is 105 Å². The fourth-order valence-corrected chi connectivity index (χ4v) is 3.53. The fourth-order valence-electron chi connectivity index (χ4n) is 3.53. The Morgan fingerprint density at radius 1 is 1.12 bits per heavy atom. The molecule has 1 heterocycles. The minimum Gasteiger partial charge on any atom is -0.370 e. The minimum absolute atomic E-state index is 0.103. The second-order valence-electron chi connectivity index (χ2n) is 7.55. The van der Waals surface area contributed by atoms with Crippen molar-refractivity contribution >= 4 is 35.3 Å². The van der Waals surface area contributed by atoms with E-state index in [-0.39, 0.29) is 18.5 Å². The van der Waals surface area contributed by atoms with Gasteiger partial charge in [-0.3, -0.25) is 19.3 Å². The van der Waals surface area contributed by atoms with Gasteiger partial charge in [0.15, 0.2) is 0 Å². The molecule has 3 N–H and O–H groups in total. The maximum atomic E-state index is 13.3. The first-order chi connectivity index (χ1) is 15.0. The number of fused-ring (bicyclic) bond motifs is 1. The third-order valence-electron chi connectivity index (χ3n) is 4.90. The lowest BCUT2D eigenvalue weighted by Gasteiger charge is -2.20. The van der Waals surface area contributed by atoms with Crippen molar-refractivity contribution < 1.29 is 27.6 Å². The molecule has 0 spiro atoms. The zero-order valence-electron chi connectivity index (χ0n) is 17.4. The molecule has 7 nitrogen and oxygen atoms in total. The van der Waals surface area contributed by atoms with Gasteiger partial charge < -0.3 is 5.73 Å². The van der Waals surface area contributed by atoms with Crippen molar-refractivity contribution in [1.82, 2.24) is 5.43 Å². The van der Waals surface area contributed by atoms with Crippen LogP contribution in [0.1, 0.15) is 41.0 Å². The summed E-state index contributed by atoms with van der Waals surface area (Å²) in [5.41, 5.74) is 8.87. The van der Waals surface area contributed by atoms with Crippen LogP contribution in [0.3, 0.4) is 0 Å². The number of carbonyl (C=O) groups is 3. The third-order valence-corrected chi connectivity index (χ3v) is 4.90. The summed E-state index contributed by atoms with van der Waals surface area (Å²) in [6.07, 6.45) is -3.75. The zero-order chi connectivity index (χ0) is 23.6. The summed E-state index contributed by atoms with van der Waals surface area (Å²) in [5.74, 6) is -2.72. The molecule has 2 aromatic rings. The Morgan fingerprint density at radius 3 is 2.38 bits per heavy atom. The van der Waals surface area contributed by atoms with Gasteiger partial charge in [0.1, 0.15) is 5.92 Å². The number of primary amides is 1. The van der Waals surface area contributed by atoms with Gasteiger partial charge in [0, 0.05) is 24.7 Å². The molecule has 1 aliphatic heterocycles. The zero-order valence-corrected chi connectivity index (χ0v) is 17.4. The van der Waals surface area contributed by atoms with Gasteiger partial charge in [-0.05, 0) is 54.8 Å². The number of nitrogens with two attached hydrogens (primary N) is 1. The summed E-state index contributed by atoms with van der Waals surface area (Å²) in [5, 5.41) is 3.77. The van der Waals surface area contributed by atoms with E-state index < -0.39 is 35.4 Å². The lowest BCUT2D eigenvalue weighted by molar-refractivity contribution is -0.137. The van der Waals surface area contributed by atoms with Crippen LogP contribution in [0.4, 0.5) is 24.5 Å². The number of anilines is 2. The van der Waals surface area contributed by atoms with E-state index in [0.29, 0.717) is 11.3 Å². The summed E-state index contributed by atoms with van der Waals surface area (Å²) in [6.45, 7) is 3.65. The highest BCUT2D eigenvalue weighted by Gasteiger charge is 2.40. The average Bonchev–Trinajstić information content (AvgIpc) is 2.96. The Morgan fingerprint density at radius 2 is 1.78 bits per heavy atom. The molecule has 0 saturated carbocycles. The number of carbonyl (C=O) groups excluding carboxylic acids is 3. The average molecular weight is 446 g/mol. The molecule has 1 atom stereocenters. The monoisotopic (exact) mass is 446 g/mol. The van der Waals surface area contributed by atoms with Crippen LogP contribution in [0.2, 0.25) is 0 Å². The maximum absolute atomic E-state index is 13.3. The van der Waals surface area contributed by atoms with E-state index in [1.807, 2.05) is 19.9 Å². The van der Waals surface area contributed by atoms with Crippen molar-refractivity contribution in [2.75, 3.05) is 4.90 Å². The molecule has 0 bridgehead atoms. The molecule has 0 aliphatic carbocycles. The van der Waals surface area contributed by atoms with Crippen LogP contribution < -0.4 is 16.1 Å². The molecule has 168 valence electrons. The maximum Gasteiger partial charge on any atom is 0.416 e. The third kappa shape index (κ3) is 4.96. The van der Waals surface area contributed by atoms with E-state index in [0.717, 1.165) is 23.3 Å². The van der Waals surface area contributed by atoms with Crippen molar-refractivity contribution in [2.45, 2.75) is 38.8 Å². The van der Waals surface area contributed by atoms with E-state index in [9.17, 15) is 27.6 Å². The van der Waals surface area contributed by atoms with Crippen molar-refractivity contribution in [3.05, 3.63) is 58.7 Å². The molecule has 32 heavy (non-hydrogen) atoms. The Bertz CT molecular complexity index is 1090. The van der Waals surface area contributed by atoms with Gasteiger partial charge in [0.2, 0.25) is 17.7 Å². The first-order valence-electron chi connectivity index (χ1n) is 9.71. The number of halogens is 3. The van der Waals surface area contributed by atoms with Crippen LogP contribution >= 0.6 is 0 Å². The summed E-state index contributed by atoms with van der Waals surface area (Å²) in [4.78, 5) is 36.9. The first-order valence-corrected chi connectivity index (χ1v) is 9.71. The van der Waals surface area contributed by atoms with E-state index in [2.05, 4.69) is 10.5 Å². The molecule has 0 aromatic heterocycles. The number of benzene rings is 2. The quantitative estimate of drug-likeness (QED) is 0.525. The second-order valence-corrected chi connectivity index (χ2v) is 7.55. The highest BCUT2D eigenvalue weighted by molar-refractivity contribution is 6.17. The summed E-state index contributed by atoms with van der Waals surface area (Å²) >= 11 is 0. The molecular formula is C22H21F3N4O3. The normalized spacial score (nSPS) is 15.8. The van der Waals surface area contributed by atoms with Gasteiger partial charge in [0.25, 0.3) is 0 Å². The van der Waals surface area contributed by atoms with Crippen molar-refractivity contribution in [3.63, 3.8) is 0 Å². The van der Waals surface area contributed by atoms with Crippen LogP contribution in [-0.2, 0) is 20.6 Å². The number of nitrogens with zero attached hydrogens (tertiary/aromatic N) is 2. The van der Waals surface area contributed by atoms with Gasteiger partial charge in [-0.1, -0.05) is 12.1 Å². The summed E-state index contributed by atoms with van der Waals surface area (Å²) < 4.78 is 40.0. The molecule has 0 saturated heterocycles.